The number of thioether (sulfide) groups is 1. The van der Waals surface area contributed by atoms with Crippen LogP contribution in [0.5, 0.6) is 0 Å². The molecule has 1 heterocycles. The molecule has 2 rings (SSSR count). The van der Waals surface area contributed by atoms with E-state index in [2.05, 4.69) is 9.97 Å². The van der Waals surface area contributed by atoms with Gasteiger partial charge >= 0.3 is 5.69 Å². The maximum atomic E-state index is 11.0. The molecule has 0 aliphatic carbocycles. The van der Waals surface area contributed by atoms with E-state index in [1.165, 1.54) is 11.8 Å². The molecule has 0 saturated heterocycles. The molecule has 0 aliphatic heterocycles. The number of imidazole rings is 1. The van der Waals surface area contributed by atoms with Crippen LogP contribution in [0.15, 0.2) is 23.0 Å². The van der Waals surface area contributed by atoms with Gasteiger partial charge in [0.15, 0.2) is 0 Å². The fourth-order valence-electron chi connectivity index (χ4n) is 1.29. The van der Waals surface area contributed by atoms with E-state index in [1.54, 1.807) is 12.1 Å². The zero-order valence-corrected chi connectivity index (χ0v) is 8.37. The average Bonchev–Trinajstić information content (AvgIpc) is 2.55. The molecule has 0 aliphatic rings. The number of nitrogens with one attached hydrogen (secondary N) is 3. The summed E-state index contributed by atoms with van der Waals surface area (Å²) in [5.41, 5.74) is 2.12. The molecule has 0 bridgehead atoms. The van der Waals surface area contributed by atoms with Gasteiger partial charge in [-0.15, -0.1) is 11.8 Å². The second kappa shape index (κ2) is 3.34. The van der Waals surface area contributed by atoms with E-state index in [-0.39, 0.29) is 5.69 Å². The van der Waals surface area contributed by atoms with E-state index in [4.69, 9.17) is 5.41 Å². The Morgan fingerprint density at radius 1 is 1.36 bits per heavy atom. The third-order valence-corrected chi connectivity index (χ3v) is 2.63. The van der Waals surface area contributed by atoms with Gasteiger partial charge in [-0.05, 0) is 18.4 Å². The Hall–Kier alpha value is -1.49. The summed E-state index contributed by atoms with van der Waals surface area (Å²) >= 11 is 1.37. The van der Waals surface area contributed by atoms with Crippen LogP contribution in [0, 0.1) is 5.41 Å². The molecule has 0 atom stereocenters. The highest BCUT2D eigenvalue weighted by Crippen LogP contribution is 2.14. The Morgan fingerprint density at radius 2 is 2.07 bits per heavy atom. The van der Waals surface area contributed by atoms with Crippen LogP contribution in [0.2, 0.25) is 0 Å². The number of hydrogen-bond acceptors (Lipinski definition) is 3. The minimum Gasteiger partial charge on any atom is -0.306 e. The lowest BCUT2D eigenvalue weighted by Gasteiger charge is -1.99. The molecular weight excluding hydrogens is 198 g/mol. The lowest BCUT2D eigenvalue weighted by atomic mass is 10.2. The van der Waals surface area contributed by atoms with Crippen molar-refractivity contribution < 1.29 is 0 Å². The highest BCUT2D eigenvalue weighted by molar-refractivity contribution is 8.13. The van der Waals surface area contributed by atoms with Crippen LogP contribution in [0.25, 0.3) is 11.0 Å². The molecule has 0 saturated carbocycles. The quantitative estimate of drug-likeness (QED) is 0.490. The Balaban J connectivity index is 2.61. The summed E-state index contributed by atoms with van der Waals surface area (Å²) < 4.78 is 0. The van der Waals surface area contributed by atoms with E-state index in [9.17, 15) is 4.79 Å². The molecule has 14 heavy (non-hydrogen) atoms. The van der Waals surface area contributed by atoms with E-state index in [1.807, 2.05) is 12.3 Å². The maximum Gasteiger partial charge on any atom is 0.323 e. The molecule has 1 aromatic carbocycles. The van der Waals surface area contributed by atoms with Crippen LogP contribution in [0.1, 0.15) is 5.56 Å². The molecule has 5 heteroatoms. The van der Waals surface area contributed by atoms with Crippen LogP contribution in [0.4, 0.5) is 0 Å². The summed E-state index contributed by atoms with van der Waals surface area (Å²) in [6.45, 7) is 0. The van der Waals surface area contributed by atoms with Gasteiger partial charge in [0.25, 0.3) is 0 Å². The number of aromatic nitrogens is 2. The summed E-state index contributed by atoms with van der Waals surface area (Å²) in [5.74, 6) is 0. The highest BCUT2D eigenvalue weighted by Gasteiger charge is 2.02. The first kappa shape index (κ1) is 9.08. The Kier molecular flexibility index (Phi) is 2.17. The van der Waals surface area contributed by atoms with Gasteiger partial charge in [0.2, 0.25) is 0 Å². The molecule has 72 valence electrons. The number of fused-ring (bicyclic) bond motifs is 1. The van der Waals surface area contributed by atoms with Gasteiger partial charge in [-0.1, -0.05) is 6.07 Å². The molecule has 2 aromatic rings. The summed E-state index contributed by atoms with van der Waals surface area (Å²) in [5, 5.41) is 8.12. The van der Waals surface area contributed by atoms with Crippen LogP contribution in [0.3, 0.4) is 0 Å². The molecule has 4 nitrogen and oxygen atoms in total. The monoisotopic (exact) mass is 207 g/mol. The smallest absolute Gasteiger partial charge is 0.306 e. The van der Waals surface area contributed by atoms with Crippen molar-refractivity contribution in [1.82, 2.24) is 9.97 Å². The van der Waals surface area contributed by atoms with Crippen molar-refractivity contribution in [2.24, 2.45) is 0 Å². The zero-order chi connectivity index (χ0) is 10.1. The van der Waals surface area contributed by atoms with Crippen molar-refractivity contribution in [2.75, 3.05) is 6.26 Å². The van der Waals surface area contributed by atoms with Gasteiger partial charge in [0.05, 0.1) is 16.1 Å². The molecule has 1 aromatic heterocycles. The van der Waals surface area contributed by atoms with Crippen molar-refractivity contribution >= 4 is 27.8 Å². The average molecular weight is 207 g/mol. The van der Waals surface area contributed by atoms with Crippen molar-refractivity contribution in [1.29, 1.82) is 5.41 Å². The van der Waals surface area contributed by atoms with Gasteiger partial charge in [0.1, 0.15) is 0 Å². The largest absolute Gasteiger partial charge is 0.323 e. The summed E-state index contributed by atoms with van der Waals surface area (Å²) in [4.78, 5) is 16.3. The Morgan fingerprint density at radius 3 is 2.79 bits per heavy atom. The molecule has 0 radical (unpaired) electrons. The number of H-pyrrole nitrogens is 2. The third kappa shape index (κ3) is 1.46. The van der Waals surface area contributed by atoms with Crippen LogP contribution in [-0.4, -0.2) is 21.3 Å². The molecule has 0 unspecified atom stereocenters. The molecule has 0 spiro atoms. The number of rotatable bonds is 1. The summed E-state index contributed by atoms with van der Waals surface area (Å²) in [6.07, 6.45) is 1.85. The van der Waals surface area contributed by atoms with Crippen LogP contribution >= 0.6 is 11.8 Å². The van der Waals surface area contributed by atoms with Crippen molar-refractivity contribution in [2.45, 2.75) is 0 Å². The predicted molar refractivity (Wildman–Crippen MR) is 59.3 cm³/mol. The third-order valence-electron chi connectivity index (χ3n) is 1.98. The molecule has 0 fully saturated rings. The van der Waals surface area contributed by atoms with Crippen molar-refractivity contribution in [3.8, 4) is 0 Å². The minimum atomic E-state index is -0.215. The van der Waals surface area contributed by atoms with Crippen LogP contribution in [-0.2, 0) is 0 Å². The summed E-state index contributed by atoms with van der Waals surface area (Å²) in [6, 6.07) is 5.42. The Bertz CT molecular complexity index is 540. The standard InChI is InChI=1S/C9H9N3OS/c1-14-8(10)5-2-3-6-7(4-5)12-9(13)11-6/h2-4,10H,1H3,(H2,11,12,13). The van der Waals surface area contributed by atoms with Gasteiger partial charge < -0.3 is 9.97 Å². The van der Waals surface area contributed by atoms with Crippen molar-refractivity contribution in [3.63, 3.8) is 0 Å². The fourth-order valence-corrected chi connectivity index (χ4v) is 1.65. The predicted octanol–water partition coefficient (Wildman–Crippen LogP) is 1.54. The van der Waals surface area contributed by atoms with Gasteiger partial charge in [-0.2, -0.15) is 0 Å². The highest BCUT2D eigenvalue weighted by atomic mass is 32.2. The maximum absolute atomic E-state index is 11.0. The SMILES string of the molecule is CSC(=N)c1ccc2[nH]c(=O)[nH]c2c1. The van der Waals surface area contributed by atoms with E-state index >= 15 is 0 Å². The first-order chi connectivity index (χ1) is 6.70. The first-order valence-corrected chi connectivity index (χ1v) is 5.28. The fraction of sp³-hybridized carbons (Fsp3) is 0.111. The lowest BCUT2D eigenvalue weighted by Crippen LogP contribution is -1.99. The van der Waals surface area contributed by atoms with Crippen LogP contribution < -0.4 is 5.69 Å². The summed E-state index contributed by atoms with van der Waals surface area (Å²) in [7, 11) is 0. The molecule has 0 amide bonds. The minimum absolute atomic E-state index is 0.215. The topological polar surface area (TPSA) is 72.5 Å². The van der Waals surface area contributed by atoms with E-state index in [0.29, 0.717) is 5.04 Å². The molecule has 3 N–H and O–H groups in total. The van der Waals surface area contributed by atoms with Gasteiger partial charge in [-0.3, -0.25) is 5.41 Å². The second-order valence-corrected chi connectivity index (χ2v) is 3.69. The normalized spacial score (nSPS) is 10.6. The first-order valence-electron chi connectivity index (χ1n) is 4.05. The Labute approximate surface area is 84.2 Å². The molecular formula is C9H9N3OS. The number of benzene rings is 1. The van der Waals surface area contributed by atoms with E-state index in [0.717, 1.165) is 16.6 Å². The number of hydrogen-bond donors (Lipinski definition) is 3. The zero-order valence-electron chi connectivity index (χ0n) is 7.55. The van der Waals surface area contributed by atoms with Gasteiger partial charge in [0, 0.05) is 5.56 Å². The van der Waals surface area contributed by atoms with Gasteiger partial charge in [-0.25, -0.2) is 4.79 Å². The van der Waals surface area contributed by atoms with Crippen molar-refractivity contribution in [3.05, 3.63) is 34.2 Å². The lowest BCUT2D eigenvalue weighted by molar-refractivity contribution is 1.21. The second-order valence-electron chi connectivity index (χ2n) is 2.87. The van der Waals surface area contributed by atoms with E-state index < -0.39 is 0 Å². The number of aromatic amines is 2.